The maximum Gasteiger partial charge on any atom is 0.245 e. The third kappa shape index (κ3) is 3.76. The molecule has 6 heteroatoms. The molecule has 0 spiro atoms. The van der Waals surface area contributed by atoms with Crippen LogP contribution in [-0.2, 0) is 16.0 Å². The molecule has 1 aromatic carbocycles. The smallest absolute Gasteiger partial charge is 0.245 e. The molecule has 4 N–H and O–H groups in total. The Morgan fingerprint density at radius 1 is 1.33 bits per heavy atom. The lowest BCUT2D eigenvalue weighted by molar-refractivity contribution is -0.132. The summed E-state index contributed by atoms with van der Waals surface area (Å²) in [6.45, 7) is 1.96. The summed E-state index contributed by atoms with van der Waals surface area (Å²) in [5, 5.41) is 16.4. The lowest BCUT2D eigenvalue weighted by Crippen LogP contribution is -2.53. The zero-order chi connectivity index (χ0) is 17.1. The lowest BCUT2D eigenvalue weighted by Gasteiger charge is -2.20. The molecule has 0 aliphatic heterocycles. The Hall–Kier alpha value is -2.34. The van der Waals surface area contributed by atoms with E-state index in [2.05, 4.69) is 15.6 Å². The monoisotopic (exact) mass is 329 g/mol. The van der Waals surface area contributed by atoms with Gasteiger partial charge >= 0.3 is 0 Å². The van der Waals surface area contributed by atoms with Gasteiger partial charge in [-0.2, -0.15) is 0 Å². The number of benzene rings is 1. The van der Waals surface area contributed by atoms with E-state index in [9.17, 15) is 14.7 Å². The number of carbonyl (C=O) groups excluding carboxylic acids is 2. The number of para-hydroxylation sites is 1. The van der Waals surface area contributed by atoms with Crippen LogP contribution in [0.5, 0.6) is 0 Å². The summed E-state index contributed by atoms with van der Waals surface area (Å²) in [5.41, 5.74) is 2.19. The van der Waals surface area contributed by atoms with Crippen LogP contribution < -0.4 is 10.6 Å². The van der Waals surface area contributed by atoms with Gasteiger partial charge in [0.25, 0.3) is 0 Å². The number of amides is 2. The Bertz CT molecular complexity index is 734. The molecule has 2 amide bonds. The summed E-state index contributed by atoms with van der Waals surface area (Å²) in [6.07, 6.45) is 3.42. The number of carbonyl (C=O) groups is 2. The molecule has 2 aromatic rings. The Labute approximate surface area is 140 Å². The maximum absolute atomic E-state index is 12.3. The van der Waals surface area contributed by atoms with Gasteiger partial charge in [0.2, 0.25) is 11.8 Å². The summed E-state index contributed by atoms with van der Waals surface area (Å²) in [7, 11) is 0. The van der Waals surface area contributed by atoms with Crippen LogP contribution in [0, 0.1) is 5.92 Å². The first-order chi connectivity index (χ1) is 11.6. The van der Waals surface area contributed by atoms with Crippen LogP contribution in [0.25, 0.3) is 10.9 Å². The Balaban J connectivity index is 1.54. The molecule has 2 unspecified atom stereocenters. The first-order valence-corrected chi connectivity index (χ1v) is 8.37. The van der Waals surface area contributed by atoms with Gasteiger partial charge in [-0.15, -0.1) is 0 Å². The number of H-pyrrole nitrogens is 1. The number of rotatable bonds is 7. The number of hydrogen-bond donors (Lipinski definition) is 4. The highest BCUT2D eigenvalue weighted by Gasteiger charge is 2.34. The summed E-state index contributed by atoms with van der Waals surface area (Å²) in [4.78, 5) is 27.3. The highest BCUT2D eigenvalue weighted by atomic mass is 16.3. The van der Waals surface area contributed by atoms with Crippen molar-refractivity contribution in [1.82, 2.24) is 15.6 Å². The predicted molar refractivity (Wildman–Crippen MR) is 91.3 cm³/mol. The summed E-state index contributed by atoms with van der Waals surface area (Å²) in [6, 6.07) is 7.10. The molecular formula is C18H23N3O3. The van der Waals surface area contributed by atoms with Crippen LogP contribution in [0.3, 0.4) is 0 Å². The van der Waals surface area contributed by atoms with E-state index in [1.54, 1.807) is 0 Å². The summed E-state index contributed by atoms with van der Waals surface area (Å²) in [5.74, 6) is -0.489. The quantitative estimate of drug-likeness (QED) is 0.613. The Morgan fingerprint density at radius 3 is 2.79 bits per heavy atom. The van der Waals surface area contributed by atoms with E-state index in [1.165, 1.54) is 6.92 Å². The van der Waals surface area contributed by atoms with Gasteiger partial charge in [0.05, 0.1) is 6.10 Å². The minimum absolute atomic E-state index is 0.00488. The third-order valence-electron chi connectivity index (χ3n) is 4.38. The zero-order valence-electron chi connectivity index (χ0n) is 13.7. The van der Waals surface area contributed by atoms with Gasteiger partial charge in [-0.25, -0.2) is 0 Å². The van der Waals surface area contributed by atoms with E-state index in [0.717, 1.165) is 29.3 Å². The third-order valence-corrected chi connectivity index (χ3v) is 4.38. The van der Waals surface area contributed by atoms with Gasteiger partial charge in [0, 0.05) is 29.6 Å². The van der Waals surface area contributed by atoms with Crippen LogP contribution in [-0.4, -0.2) is 40.6 Å². The highest BCUT2D eigenvalue weighted by molar-refractivity contribution is 5.89. The largest absolute Gasteiger partial charge is 0.391 e. The minimum Gasteiger partial charge on any atom is -0.391 e. The molecule has 0 radical (unpaired) electrons. The molecule has 3 rings (SSSR count). The fourth-order valence-electron chi connectivity index (χ4n) is 2.79. The van der Waals surface area contributed by atoms with Crippen molar-refractivity contribution in [2.75, 3.05) is 6.54 Å². The van der Waals surface area contributed by atoms with Crippen molar-refractivity contribution in [3.63, 3.8) is 0 Å². The summed E-state index contributed by atoms with van der Waals surface area (Å²) >= 11 is 0. The molecule has 1 heterocycles. The second kappa shape index (κ2) is 7.05. The molecule has 1 fully saturated rings. The average molecular weight is 329 g/mol. The van der Waals surface area contributed by atoms with Gasteiger partial charge in [0.1, 0.15) is 6.04 Å². The number of fused-ring (bicyclic) bond motifs is 1. The molecule has 2 atom stereocenters. The molecule has 24 heavy (non-hydrogen) atoms. The molecule has 1 aliphatic rings. The van der Waals surface area contributed by atoms with Gasteiger partial charge < -0.3 is 20.7 Å². The number of nitrogens with one attached hydrogen (secondary N) is 3. The highest BCUT2D eigenvalue weighted by Crippen LogP contribution is 2.29. The van der Waals surface area contributed by atoms with E-state index in [-0.39, 0.29) is 17.7 Å². The van der Waals surface area contributed by atoms with Crippen molar-refractivity contribution in [1.29, 1.82) is 0 Å². The number of aromatic amines is 1. The molecule has 1 aromatic heterocycles. The van der Waals surface area contributed by atoms with Gasteiger partial charge in [-0.05, 0) is 37.8 Å². The standard InChI is InChI=1S/C18H23N3O3/c1-11(22)16(21-17(23)12-6-7-12)18(24)19-9-8-13-10-20-15-5-3-2-4-14(13)15/h2-5,10-12,16,20,22H,6-9H2,1H3,(H,19,24)(H,21,23). The van der Waals surface area contributed by atoms with E-state index >= 15 is 0 Å². The van der Waals surface area contributed by atoms with E-state index in [1.807, 2.05) is 30.5 Å². The Kier molecular flexibility index (Phi) is 4.85. The molecule has 1 aliphatic carbocycles. The van der Waals surface area contributed by atoms with Crippen molar-refractivity contribution < 1.29 is 14.7 Å². The second-order valence-electron chi connectivity index (χ2n) is 6.40. The fraction of sp³-hybridized carbons (Fsp3) is 0.444. The van der Waals surface area contributed by atoms with Gasteiger partial charge in [-0.1, -0.05) is 18.2 Å². The van der Waals surface area contributed by atoms with Gasteiger partial charge in [-0.3, -0.25) is 9.59 Å². The van der Waals surface area contributed by atoms with E-state index in [4.69, 9.17) is 0 Å². The topological polar surface area (TPSA) is 94.2 Å². The van der Waals surface area contributed by atoms with Crippen LogP contribution >= 0.6 is 0 Å². The van der Waals surface area contributed by atoms with Crippen molar-refractivity contribution in [3.8, 4) is 0 Å². The fourth-order valence-corrected chi connectivity index (χ4v) is 2.79. The first-order valence-electron chi connectivity index (χ1n) is 8.37. The van der Waals surface area contributed by atoms with Crippen molar-refractivity contribution >= 4 is 22.7 Å². The number of hydrogen-bond acceptors (Lipinski definition) is 3. The Morgan fingerprint density at radius 2 is 2.08 bits per heavy atom. The SMILES string of the molecule is CC(O)C(NC(=O)C1CC1)C(=O)NCCc1c[nH]c2ccccc12. The van der Waals surface area contributed by atoms with E-state index < -0.39 is 12.1 Å². The number of aromatic nitrogens is 1. The van der Waals surface area contributed by atoms with Crippen LogP contribution in [0.4, 0.5) is 0 Å². The molecule has 128 valence electrons. The molecular weight excluding hydrogens is 306 g/mol. The van der Waals surface area contributed by atoms with Crippen LogP contribution in [0.2, 0.25) is 0 Å². The molecule has 1 saturated carbocycles. The first kappa shape index (κ1) is 16.5. The maximum atomic E-state index is 12.3. The van der Waals surface area contributed by atoms with Crippen molar-refractivity contribution in [3.05, 3.63) is 36.0 Å². The normalized spacial score (nSPS) is 16.6. The summed E-state index contributed by atoms with van der Waals surface area (Å²) < 4.78 is 0. The lowest BCUT2D eigenvalue weighted by atomic mass is 10.1. The minimum atomic E-state index is -0.930. The van der Waals surface area contributed by atoms with Gasteiger partial charge in [0.15, 0.2) is 0 Å². The van der Waals surface area contributed by atoms with Crippen LogP contribution in [0.15, 0.2) is 30.5 Å². The van der Waals surface area contributed by atoms with Crippen LogP contribution in [0.1, 0.15) is 25.3 Å². The second-order valence-corrected chi connectivity index (χ2v) is 6.40. The number of aliphatic hydroxyl groups excluding tert-OH is 1. The molecule has 0 bridgehead atoms. The number of aliphatic hydroxyl groups is 1. The predicted octanol–water partition coefficient (Wildman–Crippen LogP) is 1.10. The van der Waals surface area contributed by atoms with Crippen molar-refractivity contribution in [2.45, 2.75) is 38.3 Å². The zero-order valence-corrected chi connectivity index (χ0v) is 13.7. The molecule has 0 saturated heterocycles. The van der Waals surface area contributed by atoms with E-state index in [0.29, 0.717) is 13.0 Å². The van der Waals surface area contributed by atoms with Crippen molar-refractivity contribution in [2.24, 2.45) is 5.92 Å². The average Bonchev–Trinajstić information content (AvgIpc) is 3.34. The molecule has 6 nitrogen and oxygen atoms in total.